The highest BCUT2D eigenvalue weighted by atomic mass is 31.2. The second-order valence-electron chi connectivity index (χ2n) is 5.63. The fraction of sp³-hybridized carbons (Fsp3) is 0.556. The van der Waals surface area contributed by atoms with Gasteiger partial charge in [-0.2, -0.15) is 0 Å². The Morgan fingerprint density at radius 3 is 2.15 bits per heavy atom. The van der Waals surface area contributed by atoms with Gasteiger partial charge in [-0.25, -0.2) is 4.39 Å². The molecule has 0 fully saturated rings. The van der Waals surface area contributed by atoms with Crippen LogP contribution in [0.15, 0.2) is 24.3 Å². The molecule has 0 amide bonds. The molecule has 0 radical (unpaired) electrons. The van der Waals surface area contributed by atoms with Crippen molar-refractivity contribution in [3.63, 3.8) is 0 Å². The number of esters is 1. The molecule has 26 heavy (non-hydrogen) atoms. The molecule has 146 valence electrons. The van der Waals surface area contributed by atoms with Gasteiger partial charge >= 0.3 is 13.6 Å². The normalized spacial score (nSPS) is 12.6. The molecule has 1 rings (SSSR count). The zero-order valence-electron chi connectivity index (χ0n) is 15.4. The van der Waals surface area contributed by atoms with Crippen molar-refractivity contribution in [2.24, 2.45) is 0 Å². The second kappa shape index (κ2) is 11.2. The monoisotopic (exact) mass is 388 g/mol. The van der Waals surface area contributed by atoms with Crippen LogP contribution in [0, 0.1) is 5.82 Å². The molecule has 0 spiro atoms. The zero-order valence-corrected chi connectivity index (χ0v) is 16.3. The number of ether oxygens (including phenoxy) is 1. The van der Waals surface area contributed by atoms with Crippen LogP contribution in [-0.2, 0) is 27.9 Å². The highest BCUT2D eigenvalue weighted by molar-refractivity contribution is 7.54. The minimum absolute atomic E-state index is 0.150. The Morgan fingerprint density at radius 2 is 1.65 bits per heavy atom. The number of benzene rings is 1. The van der Waals surface area contributed by atoms with Gasteiger partial charge in [-0.15, -0.1) is 0 Å². The van der Waals surface area contributed by atoms with E-state index in [1.54, 1.807) is 13.8 Å². The van der Waals surface area contributed by atoms with Crippen molar-refractivity contribution in [1.29, 1.82) is 0 Å². The molecule has 0 aliphatic heterocycles. The first-order chi connectivity index (χ1) is 12.3. The highest BCUT2D eigenvalue weighted by Crippen LogP contribution is 2.48. The number of carbonyl (C=O) groups excluding carboxylic acids is 2. The topological polar surface area (TPSA) is 78.9 Å². The largest absolute Gasteiger partial charge is 0.457 e. The van der Waals surface area contributed by atoms with E-state index in [9.17, 15) is 18.5 Å². The predicted molar refractivity (Wildman–Crippen MR) is 95.5 cm³/mol. The molecule has 1 aromatic carbocycles. The number of Topliss-reactive ketones (excluding diaryl/α,β-unsaturated/α-hetero) is 1. The Morgan fingerprint density at radius 1 is 1.08 bits per heavy atom. The van der Waals surface area contributed by atoms with E-state index in [2.05, 4.69) is 0 Å². The van der Waals surface area contributed by atoms with Gasteiger partial charge in [-0.05, 0) is 38.0 Å². The van der Waals surface area contributed by atoms with E-state index in [1.165, 1.54) is 24.3 Å². The lowest BCUT2D eigenvalue weighted by Gasteiger charge is -2.20. The first kappa shape index (κ1) is 22.5. The summed E-state index contributed by atoms with van der Waals surface area (Å²) in [4.78, 5) is 24.3. The van der Waals surface area contributed by atoms with Gasteiger partial charge in [0, 0.05) is 12.8 Å². The van der Waals surface area contributed by atoms with E-state index in [-0.39, 0.29) is 26.1 Å². The van der Waals surface area contributed by atoms with E-state index in [1.807, 2.05) is 6.92 Å². The van der Waals surface area contributed by atoms with Crippen molar-refractivity contribution >= 4 is 19.3 Å². The Hall–Kier alpha value is -1.56. The molecule has 0 bridgehead atoms. The molecular weight excluding hydrogens is 362 g/mol. The lowest BCUT2D eigenvalue weighted by molar-refractivity contribution is -0.150. The maximum absolute atomic E-state index is 13.1. The predicted octanol–water partition coefficient (Wildman–Crippen LogP) is 4.44. The van der Waals surface area contributed by atoms with Crippen molar-refractivity contribution < 1.29 is 32.3 Å². The van der Waals surface area contributed by atoms with Crippen molar-refractivity contribution in [3.05, 3.63) is 35.6 Å². The summed E-state index contributed by atoms with van der Waals surface area (Å²) >= 11 is 0. The number of halogens is 1. The van der Waals surface area contributed by atoms with Crippen molar-refractivity contribution in [1.82, 2.24) is 0 Å². The van der Waals surface area contributed by atoms with Crippen molar-refractivity contribution in [2.75, 3.05) is 19.4 Å². The molecular formula is C18H26FO6P. The zero-order chi connectivity index (χ0) is 19.6. The van der Waals surface area contributed by atoms with Gasteiger partial charge in [-0.3, -0.25) is 14.2 Å². The van der Waals surface area contributed by atoms with Gasteiger partial charge in [-0.1, -0.05) is 19.1 Å². The fourth-order valence-electron chi connectivity index (χ4n) is 2.34. The van der Waals surface area contributed by atoms with Crippen LogP contribution in [0.3, 0.4) is 0 Å². The summed E-state index contributed by atoms with van der Waals surface area (Å²) < 4.78 is 41.2. The number of ketones is 1. The fourth-order valence-corrected chi connectivity index (χ4v) is 3.94. The summed E-state index contributed by atoms with van der Waals surface area (Å²) in [6.07, 6.45) is -0.656. The summed E-state index contributed by atoms with van der Waals surface area (Å²) in [7, 11) is -3.53. The molecule has 0 aromatic heterocycles. The van der Waals surface area contributed by atoms with Crippen LogP contribution in [0.25, 0.3) is 0 Å². The standard InChI is InChI=1S/C18H26FO6P/c1-4-7-18(21)25-17(14-8-10-15(19)11-9-14)12-16(20)13-26(22,23-5-2)24-6-3/h8-11,17H,4-7,12-13H2,1-3H3/t17-/m1/s1. The van der Waals surface area contributed by atoms with Crippen LogP contribution in [-0.4, -0.2) is 31.1 Å². The van der Waals surface area contributed by atoms with Crippen LogP contribution in [0.2, 0.25) is 0 Å². The third-order valence-corrected chi connectivity index (χ3v) is 5.45. The Balaban J connectivity index is 2.89. The minimum Gasteiger partial charge on any atom is -0.457 e. The van der Waals surface area contributed by atoms with Gasteiger partial charge in [0.1, 0.15) is 23.9 Å². The molecule has 0 saturated heterocycles. The molecule has 1 aromatic rings. The van der Waals surface area contributed by atoms with Crippen molar-refractivity contribution in [3.8, 4) is 0 Å². The Kier molecular flexibility index (Phi) is 9.70. The van der Waals surface area contributed by atoms with Gasteiger partial charge in [0.25, 0.3) is 0 Å². The summed E-state index contributed by atoms with van der Waals surface area (Å²) in [6, 6.07) is 5.37. The first-order valence-electron chi connectivity index (χ1n) is 8.68. The lowest BCUT2D eigenvalue weighted by Crippen LogP contribution is -2.18. The summed E-state index contributed by atoms with van der Waals surface area (Å²) in [5, 5.41) is 0. The lowest BCUT2D eigenvalue weighted by atomic mass is 10.0. The van der Waals surface area contributed by atoms with Crippen LogP contribution in [0.1, 0.15) is 51.7 Å². The molecule has 6 nitrogen and oxygen atoms in total. The molecule has 1 atom stereocenters. The molecule has 0 aliphatic rings. The van der Waals surface area contributed by atoms with E-state index >= 15 is 0 Å². The SMILES string of the molecule is CCCC(=O)O[C@H](CC(=O)CP(=O)(OCC)OCC)c1ccc(F)cc1. The minimum atomic E-state index is -3.53. The van der Waals surface area contributed by atoms with Gasteiger partial charge in [0.15, 0.2) is 0 Å². The quantitative estimate of drug-likeness (QED) is 0.389. The Bertz CT molecular complexity index is 621. The maximum Gasteiger partial charge on any atom is 0.338 e. The van der Waals surface area contributed by atoms with Crippen molar-refractivity contribution in [2.45, 2.75) is 46.1 Å². The molecule has 8 heteroatoms. The third-order valence-electron chi connectivity index (χ3n) is 3.40. The van der Waals surface area contributed by atoms with Crippen LogP contribution < -0.4 is 0 Å². The molecule has 0 aliphatic carbocycles. The molecule has 0 heterocycles. The summed E-state index contributed by atoms with van der Waals surface area (Å²) in [5.41, 5.74) is 0.492. The van der Waals surface area contributed by atoms with Crippen LogP contribution in [0.4, 0.5) is 4.39 Å². The second-order valence-corrected chi connectivity index (χ2v) is 7.68. The van der Waals surface area contributed by atoms with E-state index in [4.69, 9.17) is 13.8 Å². The highest BCUT2D eigenvalue weighted by Gasteiger charge is 2.30. The number of carbonyl (C=O) groups is 2. The third kappa shape index (κ3) is 7.77. The molecule has 0 N–H and O–H groups in total. The number of rotatable bonds is 12. The van der Waals surface area contributed by atoms with Crippen LogP contribution in [0.5, 0.6) is 0 Å². The Labute approximate surface area is 153 Å². The van der Waals surface area contributed by atoms with E-state index in [0.29, 0.717) is 12.0 Å². The average molecular weight is 388 g/mol. The molecule has 0 unspecified atom stereocenters. The smallest absolute Gasteiger partial charge is 0.338 e. The average Bonchev–Trinajstić information content (AvgIpc) is 2.55. The molecule has 0 saturated carbocycles. The van der Waals surface area contributed by atoms with E-state index in [0.717, 1.165) is 0 Å². The summed E-state index contributed by atoms with van der Waals surface area (Å²) in [6.45, 7) is 5.45. The van der Waals surface area contributed by atoms with E-state index < -0.39 is 37.4 Å². The van der Waals surface area contributed by atoms with Crippen LogP contribution >= 0.6 is 7.60 Å². The summed E-state index contributed by atoms with van der Waals surface area (Å²) in [5.74, 6) is -1.31. The van der Waals surface area contributed by atoms with Gasteiger partial charge in [0.2, 0.25) is 0 Å². The van der Waals surface area contributed by atoms with Gasteiger partial charge < -0.3 is 13.8 Å². The first-order valence-corrected chi connectivity index (χ1v) is 10.4. The maximum atomic E-state index is 13.1. The number of hydrogen-bond acceptors (Lipinski definition) is 6. The van der Waals surface area contributed by atoms with Gasteiger partial charge in [0.05, 0.1) is 13.2 Å². The number of hydrogen-bond donors (Lipinski definition) is 0.